The van der Waals surface area contributed by atoms with Gasteiger partial charge in [0.15, 0.2) is 0 Å². The average molecular weight is 413 g/mol. The Hall–Kier alpha value is -2.91. The highest BCUT2D eigenvalue weighted by Crippen LogP contribution is 2.32. The van der Waals surface area contributed by atoms with Crippen molar-refractivity contribution in [3.63, 3.8) is 0 Å². The van der Waals surface area contributed by atoms with E-state index in [-0.39, 0.29) is 11.9 Å². The van der Waals surface area contributed by atoms with Gasteiger partial charge in [0.2, 0.25) is 5.91 Å². The summed E-state index contributed by atoms with van der Waals surface area (Å²) in [7, 11) is 0. The van der Waals surface area contributed by atoms with Crippen LogP contribution in [0.15, 0.2) is 78.9 Å². The van der Waals surface area contributed by atoms with Gasteiger partial charge in [-0.2, -0.15) is 0 Å². The standard InChI is InChI=1S/C28H32N2O/c1-22-13-14-23(2)26(21-22)28(25-11-7-4-8-12-25)30-19-17-29(18-20-30)27(31)16-15-24-9-5-3-6-10-24/h3-14,21,28H,15-20H2,1-2H3. The molecule has 31 heavy (non-hydrogen) atoms. The zero-order chi connectivity index (χ0) is 21.6. The zero-order valence-corrected chi connectivity index (χ0v) is 18.6. The van der Waals surface area contributed by atoms with E-state index in [9.17, 15) is 4.79 Å². The summed E-state index contributed by atoms with van der Waals surface area (Å²) in [6.45, 7) is 7.74. The van der Waals surface area contributed by atoms with Crippen molar-refractivity contribution in [1.29, 1.82) is 0 Å². The van der Waals surface area contributed by atoms with Gasteiger partial charge in [-0.3, -0.25) is 9.69 Å². The first-order valence-electron chi connectivity index (χ1n) is 11.3. The molecule has 1 heterocycles. The van der Waals surface area contributed by atoms with E-state index in [0.29, 0.717) is 6.42 Å². The molecule has 1 unspecified atom stereocenters. The lowest BCUT2D eigenvalue weighted by atomic mass is 9.92. The average Bonchev–Trinajstić information content (AvgIpc) is 2.82. The van der Waals surface area contributed by atoms with Crippen LogP contribution in [0.5, 0.6) is 0 Å². The lowest BCUT2D eigenvalue weighted by Gasteiger charge is -2.40. The summed E-state index contributed by atoms with van der Waals surface area (Å²) < 4.78 is 0. The van der Waals surface area contributed by atoms with Crippen LogP contribution in [-0.2, 0) is 11.2 Å². The molecule has 3 aromatic carbocycles. The zero-order valence-electron chi connectivity index (χ0n) is 18.6. The fourth-order valence-electron chi connectivity index (χ4n) is 4.56. The van der Waals surface area contributed by atoms with E-state index in [1.54, 1.807) is 0 Å². The van der Waals surface area contributed by atoms with Crippen molar-refractivity contribution < 1.29 is 4.79 Å². The SMILES string of the molecule is Cc1ccc(C)c(C(c2ccccc2)N2CCN(C(=O)CCc3ccccc3)CC2)c1. The predicted molar refractivity (Wildman–Crippen MR) is 127 cm³/mol. The first kappa shape index (κ1) is 21.3. The molecule has 160 valence electrons. The van der Waals surface area contributed by atoms with E-state index in [1.807, 2.05) is 23.1 Å². The fraction of sp³-hybridized carbons (Fsp3) is 0.321. The maximum absolute atomic E-state index is 12.8. The Morgan fingerprint density at radius 3 is 2.16 bits per heavy atom. The summed E-state index contributed by atoms with van der Waals surface area (Å²) >= 11 is 0. The second-order valence-electron chi connectivity index (χ2n) is 8.58. The predicted octanol–water partition coefficient (Wildman–Crippen LogP) is 5.17. The number of piperazine rings is 1. The monoisotopic (exact) mass is 412 g/mol. The molecular weight excluding hydrogens is 380 g/mol. The van der Waals surface area contributed by atoms with E-state index in [0.717, 1.165) is 32.6 Å². The number of benzene rings is 3. The number of aryl methyl sites for hydroxylation is 3. The summed E-state index contributed by atoms with van der Waals surface area (Å²) in [5.74, 6) is 0.270. The maximum Gasteiger partial charge on any atom is 0.222 e. The first-order valence-corrected chi connectivity index (χ1v) is 11.3. The molecule has 3 nitrogen and oxygen atoms in total. The third-order valence-electron chi connectivity index (χ3n) is 6.35. The number of amides is 1. The van der Waals surface area contributed by atoms with Crippen molar-refractivity contribution in [2.75, 3.05) is 26.2 Å². The van der Waals surface area contributed by atoms with Crippen molar-refractivity contribution >= 4 is 5.91 Å². The van der Waals surface area contributed by atoms with Gasteiger partial charge in [0.25, 0.3) is 0 Å². The summed E-state index contributed by atoms with van der Waals surface area (Å²) in [4.78, 5) is 17.4. The fourth-order valence-corrected chi connectivity index (χ4v) is 4.56. The summed E-state index contributed by atoms with van der Waals surface area (Å²) in [5, 5.41) is 0. The molecule has 4 rings (SSSR count). The number of hydrogen-bond acceptors (Lipinski definition) is 2. The van der Waals surface area contributed by atoms with Crippen LogP contribution in [0.25, 0.3) is 0 Å². The highest BCUT2D eigenvalue weighted by molar-refractivity contribution is 5.76. The van der Waals surface area contributed by atoms with Crippen LogP contribution in [-0.4, -0.2) is 41.9 Å². The Kier molecular flexibility index (Phi) is 6.83. The molecule has 1 aliphatic heterocycles. The molecule has 3 heteroatoms. The molecule has 0 saturated carbocycles. The van der Waals surface area contributed by atoms with Crippen molar-refractivity contribution in [1.82, 2.24) is 9.80 Å². The van der Waals surface area contributed by atoms with Crippen LogP contribution < -0.4 is 0 Å². The molecule has 1 amide bonds. The van der Waals surface area contributed by atoms with E-state index in [1.165, 1.54) is 27.8 Å². The molecule has 0 aliphatic carbocycles. The van der Waals surface area contributed by atoms with Gasteiger partial charge in [0, 0.05) is 32.6 Å². The summed E-state index contributed by atoms with van der Waals surface area (Å²) in [5.41, 5.74) is 6.53. The molecule has 0 aromatic heterocycles. The lowest BCUT2D eigenvalue weighted by Crippen LogP contribution is -2.50. The molecule has 0 spiro atoms. The molecule has 3 aromatic rings. The number of carbonyl (C=O) groups is 1. The van der Waals surface area contributed by atoms with Crippen LogP contribution in [0.1, 0.15) is 40.3 Å². The Balaban J connectivity index is 1.45. The molecule has 1 aliphatic rings. The Bertz CT molecular complexity index is 992. The molecule has 0 radical (unpaired) electrons. The molecule has 0 N–H and O–H groups in total. The topological polar surface area (TPSA) is 23.6 Å². The molecule has 1 fully saturated rings. The third kappa shape index (κ3) is 5.23. The van der Waals surface area contributed by atoms with Crippen LogP contribution in [0.4, 0.5) is 0 Å². The van der Waals surface area contributed by atoms with Crippen molar-refractivity contribution in [2.45, 2.75) is 32.7 Å². The highest BCUT2D eigenvalue weighted by Gasteiger charge is 2.28. The maximum atomic E-state index is 12.8. The van der Waals surface area contributed by atoms with Gasteiger partial charge in [-0.1, -0.05) is 84.4 Å². The van der Waals surface area contributed by atoms with Crippen LogP contribution in [0.2, 0.25) is 0 Å². The van der Waals surface area contributed by atoms with Gasteiger partial charge >= 0.3 is 0 Å². The van der Waals surface area contributed by atoms with E-state index < -0.39 is 0 Å². The minimum absolute atomic E-state index is 0.225. The van der Waals surface area contributed by atoms with Crippen LogP contribution in [0, 0.1) is 13.8 Å². The van der Waals surface area contributed by atoms with Gasteiger partial charge in [-0.05, 0) is 42.5 Å². The molecule has 1 saturated heterocycles. The molecule has 0 bridgehead atoms. The molecule has 1 atom stereocenters. The highest BCUT2D eigenvalue weighted by atomic mass is 16.2. The quantitative estimate of drug-likeness (QED) is 0.558. The largest absolute Gasteiger partial charge is 0.340 e. The Morgan fingerprint density at radius 2 is 1.48 bits per heavy atom. The van der Waals surface area contributed by atoms with Gasteiger partial charge in [-0.15, -0.1) is 0 Å². The van der Waals surface area contributed by atoms with Crippen LogP contribution >= 0.6 is 0 Å². The Labute approximate surface area is 186 Å². The van der Waals surface area contributed by atoms with Gasteiger partial charge in [0.1, 0.15) is 0 Å². The van der Waals surface area contributed by atoms with Crippen molar-refractivity contribution in [2.24, 2.45) is 0 Å². The van der Waals surface area contributed by atoms with Crippen molar-refractivity contribution in [3.8, 4) is 0 Å². The van der Waals surface area contributed by atoms with Gasteiger partial charge in [0.05, 0.1) is 6.04 Å². The minimum Gasteiger partial charge on any atom is -0.340 e. The Morgan fingerprint density at radius 1 is 0.839 bits per heavy atom. The molecular formula is C28H32N2O. The number of rotatable bonds is 6. The van der Waals surface area contributed by atoms with E-state index >= 15 is 0 Å². The van der Waals surface area contributed by atoms with Gasteiger partial charge in [-0.25, -0.2) is 0 Å². The number of hydrogen-bond donors (Lipinski definition) is 0. The number of carbonyl (C=O) groups excluding carboxylic acids is 1. The van der Waals surface area contributed by atoms with Crippen molar-refractivity contribution in [3.05, 3.63) is 107 Å². The lowest BCUT2D eigenvalue weighted by molar-refractivity contribution is -0.133. The van der Waals surface area contributed by atoms with Gasteiger partial charge < -0.3 is 4.90 Å². The number of nitrogens with zero attached hydrogens (tertiary/aromatic N) is 2. The second-order valence-corrected chi connectivity index (χ2v) is 8.58. The normalized spacial score (nSPS) is 15.6. The van der Waals surface area contributed by atoms with E-state index in [4.69, 9.17) is 0 Å². The first-order chi connectivity index (χ1) is 15.1. The summed E-state index contributed by atoms with van der Waals surface area (Å²) in [6.07, 6.45) is 1.40. The smallest absolute Gasteiger partial charge is 0.222 e. The minimum atomic E-state index is 0.225. The van der Waals surface area contributed by atoms with Crippen LogP contribution in [0.3, 0.4) is 0 Å². The second kappa shape index (κ2) is 9.93. The summed E-state index contributed by atoms with van der Waals surface area (Å²) in [6, 6.07) is 28.0. The van der Waals surface area contributed by atoms with E-state index in [2.05, 4.69) is 79.4 Å². The third-order valence-corrected chi connectivity index (χ3v) is 6.35.